The lowest BCUT2D eigenvalue weighted by atomic mass is 9.88. The summed E-state index contributed by atoms with van der Waals surface area (Å²) in [6, 6.07) is 11.3. The number of piperidine rings is 1. The number of nitrogens with zero attached hydrogens (tertiary/aromatic N) is 3. The van der Waals surface area contributed by atoms with E-state index in [-0.39, 0.29) is 18.1 Å². The molecule has 0 atom stereocenters. The predicted octanol–water partition coefficient (Wildman–Crippen LogP) is 4.76. The van der Waals surface area contributed by atoms with Crippen LogP contribution in [0, 0.1) is 17.2 Å². The van der Waals surface area contributed by atoms with Gasteiger partial charge in [0.1, 0.15) is 5.69 Å². The second-order valence-electron chi connectivity index (χ2n) is 9.35. The first-order valence-electron chi connectivity index (χ1n) is 11.9. The number of nitrogens with one attached hydrogen (secondary N) is 1. The van der Waals surface area contributed by atoms with Crippen LogP contribution in [0.4, 0.5) is 0 Å². The molecule has 3 aromatic rings. The third-order valence-corrected chi connectivity index (χ3v) is 7.27. The normalized spacial score (nSPS) is 17.4. The zero-order valence-corrected chi connectivity index (χ0v) is 18.7. The van der Waals surface area contributed by atoms with E-state index < -0.39 is 0 Å². The van der Waals surface area contributed by atoms with Gasteiger partial charge in [-0.1, -0.05) is 18.9 Å². The van der Waals surface area contributed by atoms with Crippen LogP contribution in [-0.4, -0.2) is 39.6 Å². The summed E-state index contributed by atoms with van der Waals surface area (Å²) in [6.45, 7) is 1.65. The molecule has 1 saturated heterocycles. The van der Waals surface area contributed by atoms with Crippen LogP contribution in [0.15, 0.2) is 42.7 Å². The Morgan fingerprint density at radius 3 is 2.64 bits per heavy atom. The molecule has 6 nitrogen and oxygen atoms in total. The molecule has 2 aliphatic rings. The number of ketones is 1. The zero-order chi connectivity index (χ0) is 22.8. The van der Waals surface area contributed by atoms with E-state index in [4.69, 9.17) is 5.26 Å². The zero-order valence-electron chi connectivity index (χ0n) is 18.7. The maximum absolute atomic E-state index is 12.8. The topological polar surface area (TPSA) is 89.8 Å². The molecule has 0 radical (unpaired) electrons. The van der Waals surface area contributed by atoms with Gasteiger partial charge in [0.2, 0.25) is 5.91 Å². The Morgan fingerprint density at radius 1 is 1.09 bits per heavy atom. The third-order valence-electron chi connectivity index (χ3n) is 7.27. The summed E-state index contributed by atoms with van der Waals surface area (Å²) in [5.41, 5.74) is 4.04. The number of H-pyrrole nitrogens is 1. The second-order valence-corrected chi connectivity index (χ2v) is 9.35. The molecule has 1 saturated carbocycles. The summed E-state index contributed by atoms with van der Waals surface area (Å²) in [7, 11) is 0. The van der Waals surface area contributed by atoms with Gasteiger partial charge in [-0.2, -0.15) is 5.26 Å². The fourth-order valence-corrected chi connectivity index (χ4v) is 5.41. The van der Waals surface area contributed by atoms with Gasteiger partial charge in [-0.25, -0.2) is 0 Å². The van der Waals surface area contributed by atoms with Crippen molar-refractivity contribution in [1.29, 1.82) is 5.26 Å². The number of nitriles is 1. The number of Topliss-reactive ketones (excluding diaryl/α,β-unsaturated/α-hetero) is 1. The average Bonchev–Trinajstić information content (AvgIpc) is 3.54. The summed E-state index contributed by atoms with van der Waals surface area (Å²) in [6.07, 6.45) is 10.3. The smallest absolute Gasteiger partial charge is 0.225 e. The number of rotatable bonds is 5. The van der Waals surface area contributed by atoms with Crippen molar-refractivity contribution in [3.05, 3.63) is 65.1 Å². The van der Waals surface area contributed by atoms with Crippen LogP contribution in [-0.2, 0) is 11.2 Å². The number of aromatic nitrogens is 2. The van der Waals surface area contributed by atoms with Gasteiger partial charge in [-0.3, -0.25) is 14.6 Å². The second kappa shape index (κ2) is 9.19. The van der Waals surface area contributed by atoms with E-state index in [2.05, 4.69) is 33.2 Å². The first kappa shape index (κ1) is 21.4. The van der Waals surface area contributed by atoms with Crippen LogP contribution in [0.3, 0.4) is 0 Å². The lowest BCUT2D eigenvalue weighted by Gasteiger charge is -2.33. The highest BCUT2D eigenvalue weighted by molar-refractivity contribution is 5.96. The van der Waals surface area contributed by atoms with Crippen LogP contribution in [0.1, 0.15) is 71.6 Å². The van der Waals surface area contributed by atoms with Crippen molar-refractivity contribution < 1.29 is 9.59 Å². The number of hydrogen-bond acceptors (Lipinski definition) is 4. The van der Waals surface area contributed by atoms with Gasteiger partial charge >= 0.3 is 0 Å². The highest BCUT2D eigenvalue weighted by Crippen LogP contribution is 2.35. The Kier molecular flexibility index (Phi) is 5.95. The first-order valence-corrected chi connectivity index (χ1v) is 11.9. The lowest BCUT2D eigenvalue weighted by molar-refractivity contribution is -0.136. The molecule has 1 aliphatic heterocycles. The molecule has 2 aromatic heterocycles. The van der Waals surface area contributed by atoms with Crippen LogP contribution in [0.25, 0.3) is 10.9 Å². The van der Waals surface area contributed by atoms with Gasteiger partial charge in [0, 0.05) is 48.7 Å². The molecule has 1 aromatic carbocycles. The molecular weight excluding hydrogens is 412 g/mol. The molecule has 5 rings (SSSR count). The van der Waals surface area contributed by atoms with Crippen LogP contribution in [0.2, 0.25) is 0 Å². The van der Waals surface area contributed by atoms with E-state index in [0.717, 1.165) is 55.2 Å². The fraction of sp³-hybridized carbons (Fsp3) is 0.407. The Balaban J connectivity index is 1.29. The number of carbonyl (C=O) groups excluding carboxylic acids is 2. The fourth-order valence-electron chi connectivity index (χ4n) is 5.41. The summed E-state index contributed by atoms with van der Waals surface area (Å²) >= 11 is 0. The molecule has 0 bridgehead atoms. The minimum absolute atomic E-state index is 0.0951. The van der Waals surface area contributed by atoms with E-state index in [1.807, 2.05) is 12.1 Å². The quantitative estimate of drug-likeness (QED) is 0.580. The number of carbonyl (C=O) groups is 2. The molecule has 0 spiro atoms. The molecule has 168 valence electrons. The average molecular weight is 441 g/mol. The van der Waals surface area contributed by atoms with E-state index in [0.29, 0.717) is 23.1 Å². The van der Waals surface area contributed by atoms with E-state index in [1.54, 1.807) is 12.1 Å². The van der Waals surface area contributed by atoms with Crippen molar-refractivity contribution in [2.24, 2.45) is 5.92 Å². The van der Waals surface area contributed by atoms with Crippen LogP contribution < -0.4 is 0 Å². The molecule has 0 unspecified atom stereocenters. The van der Waals surface area contributed by atoms with Crippen molar-refractivity contribution in [3.8, 4) is 6.07 Å². The molecule has 1 N–H and O–H groups in total. The number of fused-ring (bicyclic) bond motifs is 1. The van der Waals surface area contributed by atoms with E-state index in [9.17, 15) is 9.59 Å². The Hall–Kier alpha value is -3.46. The van der Waals surface area contributed by atoms with Crippen molar-refractivity contribution in [2.45, 2.75) is 50.9 Å². The SMILES string of the molecule is N#Cc1ccnc(C(=O)Cc2ccc3[nH]cc(C4CCN(C(=O)C5CCCC5)CC4)c3c2)c1. The largest absolute Gasteiger partial charge is 0.361 e. The van der Waals surface area contributed by atoms with Gasteiger partial charge in [0.15, 0.2) is 5.78 Å². The number of benzene rings is 1. The minimum Gasteiger partial charge on any atom is -0.361 e. The Bertz CT molecular complexity index is 1220. The van der Waals surface area contributed by atoms with Gasteiger partial charge in [-0.15, -0.1) is 0 Å². The Morgan fingerprint density at radius 2 is 1.88 bits per heavy atom. The molecular formula is C27H28N4O2. The maximum atomic E-state index is 12.8. The minimum atomic E-state index is -0.0951. The number of amides is 1. The molecule has 6 heteroatoms. The van der Waals surface area contributed by atoms with Gasteiger partial charge < -0.3 is 9.88 Å². The van der Waals surface area contributed by atoms with Crippen LogP contribution in [0.5, 0.6) is 0 Å². The predicted molar refractivity (Wildman–Crippen MR) is 126 cm³/mol. The van der Waals surface area contributed by atoms with Crippen molar-refractivity contribution in [3.63, 3.8) is 0 Å². The lowest BCUT2D eigenvalue weighted by Crippen LogP contribution is -2.40. The van der Waals surface area contributed by atoms with Gasteiger partial charge in [0.05, 0.1) is 11.6 Å². The number of pyridine rings is 1. The summed E-state index contributed by atoms with van der Waals surface area (Å²) in [4.78, 5) is 35.1. The summed E-state index contributed by atoms with van der Waals surface area (Å²) < 4.78 is 0. The van der Waals surface area contributed by atoms with Crippen molar-refractivity contribution in [1.82, 2.24) is 14.9 Å². The van der Waals surface area contributed by atoms with Gasteiger partial charge in [0.25, 0.3) is 0 Å². The van der Waals surface area contributed by atoms with Gasteiger partial charge in [-0.05, 0) is 67.0 Å². The highest BCUT2D eigenvalue weighted by Gasteiger charge is 2.31. The standard InChI is InChI=1S/C27H28N4O2/c28-16-19-7-10-29-25(14-19)26(32)15-18-5-6-24-22(13-18)23(17-30-24)20-8-11-31(12-9-20)27(33)21-3-1-2-4-21/h5-7,10,13-14,17,20-21,30H,1-4,8-9,11-12,15H2. The number of hydrogen-bond donors (Lipinski definition) is 1. The van der Waals surface area contributed by atoms with E-state index in [1.165, 1.54) is 24.6 Å². The monoisotopic (exact) mass is 440 g/mol. The highest BCUT2D eigenvalue weighted by atomic mass is 16.2. The van der Waals surface area contributed by atoms with Crippen molar-refractivity contribution >= 4 is 22.6 Å². The summed E-state index contributed by atoms with van der Waals surface area (Å²) in [5, 5.41) is 10.2. The maximum Gasteiger partial charge on any atom is 0.225 e. The molecule has 2 fully saturated rings. The molecule has 1 aliphatic carbocycles. The van der Waals surface area contributed by atoms with Crippen LogP contribution >= 0.6 is 0 Å². The number of aromatic amines is 1. The number of likely N-dealkylation sites (tertiary alicyclic amines) is 1. The Labute approximate surface area is 193 Å². The molecule has 33 heavy (non-hydrogen) atoms. The van der Waals surface area contributed by atoms with E-state index >= 15 is 0 Å². The first-order chi connectivity index (χ1) is 16.1. The molecule has 1 amide bonds. The van der Waals surface area contributed by atoms with Crippen molar-refractivity contribution in [2.75, 3.05) is 13.1 Å². The summed E-state index contributed by atoms with van der Waals surface area (Å²) in [5.74, 6) is 0.923. The molecule has 3 heterocycles. The third kappa shape index (κ3) is 4.41.